The first kappa shape index (κ1) is 39.4. The summed E-state index contributed by atoms with van der Waals surface area (Å²) in [5.41, 5.74) is 3.24. The predicted octanol–water partition coefficient (Wildman–Crippen LogP) is 5.04. The maximum Gasteiger partial charge on any atom is 0.262 e. The second-order valence-corrected chi connectivity index (χ2v) is 19.5. The zero-order valence-corrected chi connectivity index (χ0v) is 35.3. The molecule has 1 aromatic heterocycles. The van der Waals surface area contributed by atoms with Crippen molar-refractivity contribution in [2.45, 2.75) is 84.2 Å². The van der Waals surface area contributed by atoms with Crippen LogP contribution in [0.15, 0.2) is 48.5 Å². The second kappa shape index (κ2) is 14.1. The van der Waals surface area contributed by atoms with E-state index in [9.17, 15) is 29.2 Å². The summed E-state index contributed by atoms with van der Waals surface area (Å²) in [4.78, 5) is 77.2. The lowest BCUT2D eigenvalue weighted by Gasteiger charge is -2.65. The highest BCUT2D eigenvalue weighted by Gasteiger charge is 2.67. The highest BCUT2D eigenvalue weighted by Crippen LogP contribution is 2.59. The molecule has 0 spiro atoms. The van der Waals surface area contributed by atoms with Gasteiger partial charge in [0.15, 0.2) is 0 Å². The Morgan fingerprint density at radius 1 is 0.852 bits per heavy atom. The molecule has 2 aliphatic carbocycles. The number of pyridine rings is 1. The summed E-state index contributed by atoms with van der Waals surface area (Å²) in [6.07, 6.45) is 2.06. The minimum Gasteiger partial charge on any atom is -0.489 e. The molecule has 7 aliphatic rings. The number of piperidine rings is 1. The van der Waals surface area contributed by atoms with Crippen LogP contribution in [0.25, 0.3) is 0 Å². The average molecular weight is 840 g/mol. The largest absolute Gasteiger partial charge is 0.489 e. The van der Waals surface area contributed by atoms with Crippen LogP contribution in [0.4, 0.5) is 5.69 Å². The third-order valence-electron chi connectivity index (χ3n) is 14.5. The van der Waals surface area contributed by atoms with Crippen LogP contribution < -0.4 is 15.0 Å². The van der Waals surface area contributed by atoms with Crippen LogP contribution in [0.5, 0.6) is 5.75 Å². The summed E-state index contributed by atoms with van der Waals surface area (Å²) in [5.74, 6) is 6.69. The first-order valence-corrected chi connectivity index (χ1v) is 21.5. The normalized spacial score (nSPS) is 29.5. The van der Waals surface area contributed by atoms with E-state index in [2.05, 4.69) is 60.7 Å². The summed E-state index contributed by atoms with van der Waals surface area (Å²) in [5, 5.41) is 11.9. The topological polar surface area (TPSA) is 156 Å². The number of nitrogens with one attached hydrogen (secondary N) is 1. The number of hydrogen-bond acceptors (Lipinski definition) is 10. The van der Waals surface area contributed by atoms with Gasteiger partial charge in [-0.25, -0.2) is 4.98 Å². The molecule has 13 nitrogen and oxygen atoms in total. The molecule has 0 bridgehead atoms. The summed E-state index contributed by atoms with van der Waals surface area (Å²) >= 11 is 6.29. The van der Waals surface area contributed by atoms with Crippen molar-refractivity contribution in [1.29, 1.82) is 5.26 Å². The molecule has 2 saturated carbocycles. The van der Waals surface area contributed by atoms with Crippen LogP contribution in [0.2, 0.25) is 5.02 Å². The number of carbonyl (C=O) groups is 5. The van der Waals surface area contributed by atoms with E-state index in [0.29, 0.717) is 69.1 Å². The van der Waals surface area contributed by atoms with E-state index in [1.807, 2.05) is 23.1 Å². The molecule has 61 heavy (non-hydrogen) atoms. The Balaban J connectivity index is 0.721. The van der Waals surface area contributed by atoms with Crippen LogP contribution in [0.3, 0.4) is 0 Å². The van der Waals surface area contributed by atoms with Crippen molar-refractivity contribution < 1.29 is 28.7 Å². The molecule has 0 radical (unpaired) electrons. The van der Waals surface area contributed by atoms with E-state index in [1.54, 1.807) is 30.3 Å². The first-order chi connectivity index (χ1) is 29.1. The number of imide groups is 2. The summed E-state index contributed by atoms with van der Waals surface area (Å²) < 4.78 is 6.47. The van der Waals surface area contributed by atoms with Crippen molar-refractivity contribution in [3.05, 3.63) is 87.2 Å². The third-order valence-corrected chi connectivity index (χ3v) is 14.8. The number of anilines is 1. The standard InChI is InChI=1S/C47H46ClN7O6/c1-46(2)44(47(3,4)45(46)61-32-10-6-26(19-49)36(48)18-32)54-24-37-34(41(54)58)11-8-29(50-37)7-5-25-15-31(16-25)53-22-27-20-52(21-28(27)23-53)30-9-12-33-35(17-30)43(60)55(42(33)59)38-13-14-39(56)51-40(38)57/h6,8-12,17-18,25,27-28,31,38,44-45H,13-16,20-24H2,1-4H3,(H,51,56,57). The molecular weight excluding hydrogens is 794 g/mol. The Morgan fingerprint density at radius 3 is 2.25 bits per heavy atom. The Bertz CT molecular complexity index is 2540. The number of carbonyl (C=O) groups excluding carboxylic acids is 5. The smallest absolute Gasteiger partial charge is 0.262 e. The quantitative estimate of drug-likeness (QED) is 0.264. The molecule has 5 aliphatic heterocycles. The van der Waals surface area contributed by atoms with Crippen LogP contribution in [-0.4, -0.2) is 99.6 Å². The molecule has 1 N–H and O–H groups in total. The second-order valence-electron chi connectivity index (χ2n) is 19.1. The molecule has 14 heteroatoms. The van der Waals surface area contributed by atoms with Gasteiger partial charge in [-0.3, -0.25) is 39.1 Å². The molecule has 5 fully saturated rings. The molecule has 2 aromatic carbocycles. The average Bonchev–Trinajstić information content (AvgIpc) is 3.93. The Kier molecular flexibility index (Phi) is 9.13. The summed E-state index contributed by atoms with van der Waals surface area (Å²) in [6.45, 7) is 12.7. The lowest BCUT2D eigenvalue weighted by molar-refractivity contribution is -0.199. The number of likely N-dealkylation sites (tertiary alicyclic amines) is 1. The summed E-state index contributed by atoms with van der Waals surface area (Å²) in [6, 6.07) is 15.7. The van der Waals surface area contributed by atoms with Crippen molar-refractivity contribution >= 4 is 46.8 Å². The minimum atomic E-state index is -0.976. The molecule has 3 saturated heterocycles. The van der Waals surface area contributed by atoms with Crippen molar-refractivity contribution in [1.82, 2.24) is 25.0 Å². The maximum atomic E-state index is 13.8. The number of ether oxygens (including phenoxy) is 1. The van der Waals surface area contributed by atoms with Crippen LogP contribution in [0.1, 0.15) is 101 Å². The highest BCUT2D eigenvalue weighted by molar-refractivity contribution is 6.31. The van der Waals surface area contributed by atoms with Gasteiger partial charge in [0, 0.05) is 73.2 Å². The van der Waals surface area contributed by atoms with Gasteiger partial charge in [0.1, 0.15) is 29.7 Å². The molecule has 3 unspecified atom stereocenters. The van der Waals surface area contributed by atoms with Gasteiger partial charge in [-0.2, -0.15) is 5.26 Å². The zero-order chi connectivity index (χ0) is 42.7. The highest BCUT2D eigenvalue weighted by atomic mass is 35.5. The fourth-order valence-electron chi connectivity index (χ4n) is 11.9. The number of fused-ring (bicyclic) bond motifs is 3. The van der Waals surface area contributed by atoms with Crippen molar-refractivity contribution in [2.24, 2.45) is 28.6 Å². The van der Waals surface area contributed by atoms with E-state index in [4.69, 9.17) is 21.3 Å². The number of aromatic nitrogens is 1. The van der Waals surface area contributed by atoms with Gasteiger partial charge in [-0.15, -0.1) is 0 Å². The zero-order valence-electron chi connectivity index (χ0n) is 34.5. The number of halogens is 1. The predicted molar refractivity (Wildman–Crippen MR) is 223 cm³/mol. The van der Waals surface area contributed by atoms with Crippen LogP contribution >= 0.6 is 11.6 Å². The van der Waals surface area contributed by atoms with E-state index in [1.165, 1.54) is 0 Å². The Hall–Kier alpha value is -5.76. The fourth-order valence-corrected chi connectivity index (χ4v) is 12.1. The monoisotopic (exact) mass is 839 g/mol. The number of nitrogens with zero attached hydrogens (tertiary/aromatic N) is 6. The molecule has 5 amide bonds. The lowest BCUT2D eigenvalue weighted by Crippen LogP contribution is -2.74. The van der Waals surface area contributed by atoms with Gasteiger partial charge < -0.3 is 14.5 Å². The molecule has 10 rings (SSSR count). The Labute approximate surface area is 359 Å². The first-order valence-electron chi connectivity index (χ1n) is 21.2. The van der Waals surface area contributed by atoms with Crippen molar-refractivity contribution in [3.63, 3.8) is 0 Å². The molecule has 3 atom stereocenters. The van der Waals surface area contributed by atoms with E-state index in [0.717, 1.165) is 55.3 Å². The van der Waals surface area contributed by atoms with Crippen molar-refractivity contribution in [2.75, 3.05) is 31.1 Å². The van der Waals surface area contributed by atoms with Gasteiger partial charge in [-0.05, 0) is 79.5 Å². The summed E-state index contributed by atoms with van der Waals surface area (Å²) in [7, 11) is 0. The van der Waals surface area contributed by atoms with Gasteiger partial charge >= 0.3 is 0 Å². The number of hydrogen-bond donors (Lipinski definition) is 1. The van der Waals surface area contributed by atoms with Crippen molar-refractivity contribution in [3.8, 4) is 23.7 Å². The van der Waals surface area contributed by atoms with Crippen LogP contribution in [-0.2, 0) is 16.1 Å². The number of amides is 5. The number of rotatable bonds is 6. The molecule has 3 aromatic rings. The maximum absolute atomic E-state index is 13.8. The van der Waals surface area contributed by atoms with E-state index in [-0.39, 0.29) is 41.7 Å². The van der Waals surface area contributed by atoms with E-state index >= 15 is 0 Å². The number of benzene rings is 2. The third kappa shape index (κ3) is 6.30. The van der Waals surface area contributed by atoms with Gasteiger partial charge in [0.2, 0.25) is 11.8 Å². The molecule has 6 heterocycles. The van der Waals surface area contributed by atoms with Gasteiger partial charge in [-0.1, -0.05) is 45.2 Å². The Morgan fingerprint density at radius 2 is 1.56 bits per heavy atom. The lowest BCUT2D eigenvalue weighted by atomic mass is 9.49. The minimum absolute atomic E-state index is 0.0226. The molecule has 312 valence electrons. The van der Waals surface area contributed by atoms with Crippen LogP contribution in [0, 0.1) is 51.8 Å². The van der Waals surface area contributed by atoms with Gasteiger partial charge in [0.05, 0.1) is 39.5 Å². The number of nitriles is 1. The SMILES string of the molecule is CC1(C)C(Oc2ccc(C#N)c(Cl)c2)C(C)(C)C1N1Cc2nc(C#CC3CC(N4CC5CN(c6ccc7c(c6)C(=O)N(C6CCC(=O)NC6=O)C7=O)CC5C4)C3)ccc2C1=O. The van der Waals surface area contributed by atoms with E-state index < -0.39 is 29.7 Å². The fraction of sp³-hybridized carbons (Fsp3) is 0.468. The van der Waals surface area contributed by atoms with Gasteiger partial charge in [0.25, 0.3) is 17.7 Å². The molecular formula is C47H46ClN7O6.